The molecule has 0 unspecified atom stereocenters. The molecule has 12 nitrogen and oxygen atoms in total. The molecule has 0 fully saturated rings. The van der Waals surface area contributed by atoms with Crippen molar-refractivity contribution in [3.8, 4) is 22.5 Å². The molecule has 4 heterocycles. The predicted octanol–water partition coefficient (Wildman–Crippen LogP) is 12.3. The van der Waals surface area contributed by atoms with E-state index in [1.807, 2.05) is 49.6 Å². The van der Waals surface area contributed by atoms with E-state index < -0.39 is 55.4 Å². The van der Waals surface area contributed by atoms with Gasteiger partial charge in [-0.25, -0.2) is 24.4 Å². The maximum absolute atomic E-state index is 13.2. The van der Waals surface area contributed by atoms with Crippen LogP contribution in [0.5, 0.6) is 0 Å². The zero-order chi connectivity index (χ0) is 49.4. The summed E-state index contributed by atoms with van der Waals surface area (Å²) in [4.78, 5) is 46.8. The zero-order valence-corrected chi connectivity index (χ0v) is 38.5. The number of carbonyl (C=O) groups excluding carboxylic acids is 3. The largest absolute Gasteiger partial charge is 0.465 e. The summed E-state index contributed by atoms with van der Waals surface area (Å²) >= 11 is 0. The summed E-state index contributed by atoms with van der Waals surface area (Å²) in [6, 6.07) is 13.9. The Labute approximate surface area is 383 Å². The van der Waals surface area contributed by atoms with Gasteiger partial charge in [-0.1, -0.05) is 36.4 Å². The minimum Gasteiger partial charge on any atom is -0.465 e. The van der Waals surface area contributed by atoms with Crippen molar-refractivity contribution in [1.82, 2.24) is 18.8 Å². The van der Waals surface area contributed by atoms with E-state index in [0.29, 0.717) is 39.3 Å². The molecule has 6 rings (SSSR count). The van der Waals surface area contributed by atoms with Crippen LogP contribution in [0.2, 0.25) is 0 Å². The second-order valence-corrected chi connectivity index (χ2v) is 16.4. The van der Waals surface area contributed by atoms with Gasteiger partial charge in [0.05, 0.1) is 73.3 Å². The van der Waals surface area contributed by atoms with Gasteiger partial charge in [-0.15, -0.1) is 0 Å². The molecule has 67 heavy (non-hydrogen) atoms. The fourth-order valence-corrected chi connectivity index (χ4v) is 7.05. The van der Waals surface area contributed by atoms with Crippen LogP contribution >= 0.6 is 0 Å². The Bertz CT molecular complexity index is 2820. The number of pyridine rings is 2. The van der Waals surface area contributed by atoms with Crippen LogP contribution in [0.15, 0.2) is 85.5 Å². The zero-order valence-electron chi connectivity index (χ0n) is 38.5. The van der Waals surface area contributed by atoms with Crippen molar-refractivity contribution >= 4 is 52.9 Å². The van der Waals surface area contributed by atoms with Crippen LogP contribution < -0.4 is 10.2 Å². The van der Waals surface area contributed by atoms with Crippen LogP contribution in [0.1, 0.15) is 90.4 Å². The molecule has 2 aromatic carbocycles. The van der Waals surface area contributed by atoms with Crippen molar-refractivity contribution in [1.29, 1.82) is 0 Å². The topological polar surface area (TPSA) is 129 Å². The van der Waals surface area contributed by atoms with Gasteiger partial charge in [-0.05, 0) is 107 Å². The highest BCUT2D eigenvalue weighted by Crippen LogP contribution is 2.33. The SMILES string of the molecule is C/C=C/c1cc(N(CCC(F)(F)F)C(=O)OC(C)(C)C)c2ncc(-c3ccc(C(=O)OC)c(C)c3)n2c1.C/C=C/c1cc(NCCC(F)(F)F)c2ncc(-c3ccc(C(=O)OC)c(C)c3)n2c1. The van der Waals surface area contributed by atoms with Crippen LogP contribution in [0, 0.1) is 13.8 Å². The van der Waals surface area contributed by atoms with E-state index in [2.05, 4.69) is 15.3 Å². The van der Waals surface area contributed by atoms with Crippen LogP contribution in [-0.4, -0.2) is 82.1 Å². The van der Waals surface area contributed by atoms with Crippen LogP contribution in [0.25, 0.3) is 46.0 Å². The number of hydrogen-bond acceptors (Lipinski definition) is 9. The molecule has 6 aromatic rings. The first-order valence-electron chi connectivity index (χ1n) is 21.0. The molecule has 0 bridgehead atoms. The first-order chi connectivity index (χ1) is 31.5. The maximum atomic E-state index is 13.2. The molecule has 0 aliphatic carbocycles. The molecule has 18 heteroatoms. The lowest BCUT2D eigenvalue weighted by Gasteiger charge is -2.28. The number of nitrogens with one attached hydrogen (secondary N) is 1. The van der Waals surface area contributed by atoms with Crippen molar-refractivity contribution in [3.05, 3.63) is 119 Å². The molecule has 0 spiro atoms. The Balaban J connectivity index is 0.000000256. The molecule has 1 amide bonds. The number of esters is 2. The maximum Gasteiger partial charge on any atom is 0.414 e. The van der Waals surface area contributed by atoms with Crippen molar-refractivity contribution in [2.45, 2.75) is 79.3 Å². The molecule has 0 aliphatic heterocycles. The van der Waals surface area contributed by atoms with E-state index in [-0.39, 0.29) is 17.9 Å². The summed E-state index contributed by atoms with van der Waals surface area (Å²) in [7, 11) is 2.63. The van der Waals surface area contributed by atoms with E-state index in [0.717, 1.165) is 32.8 Å². The molecule has 0 radical (unpaired) electrons. The summed E-state index contributed by atoms with van der Waals surface area (Å²) in [6.45, 7) is 11.3. The molecule has 1 N–H and O–H groups in total. The number of allylic oxidation sites excluding steroid dienone is 2. The molecule has 4 aromatic heterocycles. The average molecular weight is 935 g/mol. The number of carbonyl (C=O) groups is 3. The van der Waals surface area contributed by atoms with Gasteiger partial charge in [0.2, 0.25) is 0 Å². The number of amides is 1. The van der Waals surface area contributed by atoms with Gasteiger partial charge < -0.3 is 19.5 Å². The van der Waals surface area contributed by atoms with Crippen molar-refractivity contribution in [2.75, 3.05) is 37.5 Å². The standard InChI is InChI=1S/C27H30F3N3O4.C22H22F3N3O2/c1-7-8-18-14-21(32(12-11-27(28,29)30)25(35)37-26(3,4)5)23-31-15-22(33(23)16-18)19-9-10-20(17(2)13-19)24(34)36-6;1-4-5-15-11-18(26-9-8-22(23,24)25)20-27-12-19(28(20)13-15)16-6-7-17(14(2)10-16)21(29)30-3/h7-10,13-16H,11-12H2,1-6H3;4-7,10-13,26H,8-9H2,1-3H3/b8-7+;5-4+. The monoisotopic (exact) mass is 934 g/mol. The Morgan fingerprint density at radius 3 is 1.63 bits per heavy atom. The third kappa shape index (κ3) is 13.0. The third-order valence-corrected chi connectivity index (χ3v) is 10.1. The smallest absolute Gasteiger partial charge is 0.414 e. The Morgan fingerprint density at radius 2 is 1.18 bits per heavy atom. The number of aryl methyl sites for hydroxylation is 2. The summed E-state index contributed by atoms with van der Waals surface area (Å²) in [5.41, 5.74) is 7.32. The van der Waals surface area contributed by atoms with Crippen LogP contribution in [-0.2, 0) is 14.2 Å². The molecule has 0 saturated carbocycles. The average Bonchev–Trinajstić information content (AvgIpc) is 3.87. The summed E-state index contributed by atoms with van der Waals surface area (Å²) in [5, 5.41) is 2.85. The lowest BCUT2D eigenvalue weighted by molar-refractivity contribution is -0.132. The number of alkyl halides is 6. The van der Waals surface area contributed by atoms with E-state index >= 15 is 0 Å². The Hall–Kier alpha value is -7.11. The number of aromatic nitrogens is 4. The highest BCUT2D eigenvalue weighted by molar-refractivity contribution is 5.95. The highest BCUT2D eigenvalue weighted by Gasteiger charge is 2.33. The fourth-order valence-electron chi connectivity index (χ4n) is 7.05. The minimum atomic E-state index is -4.48. The third-order valence-electron chi connectivity index (χ3n) is 10.1. The van der Waals surface area contributed by atoms with Gasteiger partial charge >= 0.3 is 30.4 Å². The van der Waals surface area contributed by atoms with Crippen LogP contribution in [0.3, 0.4) is 0 Å². The van der Waals surface area contributed by atoms with Gasteiger partial charge in [0.1, 0.15) is 5.60 Å². The fraction of sp³-hybridized carbons (Fsp3) is 0.327. The van der Waals surface area contributed by atoms with Crippen molar-refractivity contribution < 1.29 is 54.9 Å². The number of nitrogens with zero attached hydrogens (tertiary/aromatic N) is 5. The number of imidazole rings is 2. The van der Waals surface area contributed by atoms with E-state index in [9.17, 15) is 40.7 Å². The number of fused-ring (bicyclic) bond motifs is 2. The molecule has 0 atom stereocenters. The second kappa shape index (κ2) is 21.0. The molecule has 356 valence electrons. The number of anilines is 2. The molecular weight excluding hydrogens is 883 g/mol. The molecule has 0 aliphatic rings. The summed E-state index contributed by atoms with van der Waals surface area (Å²) in [6.07, 6.45) is 2.40. The lowest BCUT2D eigenvalue weighted by Crippen LogP contribution is -2.39. The Morgan fingerprint density at radius 1 is 0.701 bits per heavy atom. The quantitative estimate of drug-likeness (QED) is 0.0724. The summed E-state index contributed by atoms with van der Waals surface area (Å²) in [5.74, 6) is -0.874. The van der Waals surface area contributed by atoms with Crippen molar-refractivity contribution in [3.63, 3.8) is 0 Å². The molecular formula is C49H52F6N6O6. The lowest BCUT2D eigenvalue weighted by atomic mass is 10.0. The summed E-state index contributed by atoms with van der Waals surface area (Å²) < 4.78 is 95.8. The predicted molar refractivity (Wildman–Crippen MR) is 246 cm³/mol. The van der Waals surface area contributed by atoms with Gasteiger partial charge in [0.25, 0.3) is 0 Å². The first kappa shape index (κ1) is 50.9. The van der Waals surface area contributed by atoms with Gasteiger partial charge in [-0.2, -0.15) is 26.3 Å². The van der Waals surface area contributed by atoms with Crippen LogP contribution in [0.4, 0.5) is 42.5 Å². The number of benzene rings is 2. The number of ether oxygens (including phenoxy) is 3. The Kier molecular flexibility index (Phi) is 16.0. The first-order valence-corrected chi connectivity index (χ1v) is 21.0. The molecule has 0 saturated heterocycles. The van der Waals surface area contributed by atoms with E-state index in [4.69, 9.17) is 14.2 Å². The van der Waals surface area contributed by atoms with Gasteiger partial charge in [0.15, 0.2) is 11.3 Å². The number of halogens is 6. The second-order valence-electron chi connectivity index (χ2n) is 16.4. The van der Waals surface area contributed by atoms with E-state index in [1.54, 1.807) is 105 Å². The van der Waals surface area contributed by atoms with Crippen molar-refractivity contribution in [2.24, 2.45) is 0 Å². The van der Waals surface area contributed by atoms with Gasteiger partial charge in [0, 0.05) is 36.6 Å². The number of methoxy groups -OCH3 is 2. The highest BCUT2D eigenvalue weighted by atomic mass is 19.4. The number of rotatable bonds is 12. The normalized spacial score (nSPS) is 12.1. The van der Waals surface area contributed by atoms with E-state index in [1.165, 1.54) is 14.2 Å². The minimum absolute atomic E-state index is 0.184. The number of hydrogen-bond donors (Lipinski definition) is 1. The van der Waals surface area contributed by atoms with Gasteiger partial charge in [-0.3, -0.25) is 13.7 Å².